The molecule has 1 atom stereocenters. The first-order chi connectivity index (χ1) is 14.8. The molecule has 1 N–H and O–H groups in total. The third-order valence-corrected chi connectivity index (χ3v) is 5.33. The molecule has 2 heterocycles. The standard InChI is InChI=1S/C22H22N6O3/c1-14-21(28(30)31)15(2)27(25-14)16(3)22(29)24-19-11-23-26(13-19)12-18-9-6-8-17-7-4-5-10-20(17)18/h4-11,13,16H,12H2,1-3H3,(H,24,29). The van der Waals surface area contributed by atoms with Gasteiger partial charge in [0, 0.05) is 6.20 Å². The van der Waals surface area contributed by atoms with Gasteiger partial charge in [-0.3, -0.25) is 24.3 Å². The van der Waals surface area contributed by atoms with Crippen LogP contribution < -0.4 is 5.32 Å². The number of carbonyl (C=O) groups excluding carboxylic acids is 1. The number of aryl methyl sites for hydroxylation is 1. The van der Waals surface area contributed by atoms with Gasteiger partial charge >= 0.3 is 5.69 Å². The van der Waals surface area contributed by atoms with E-state index >= 15 is 0 Å². The average molecular weight is 418 g/mol. The molecule has 2 aromatic heterocycles. The fourth-order valence-electron chi connectivity index (χ4n) is 3.77. The SMILES string of the molecule is Cc1nn(C(C)C(=O)Nc2cnn(Cc3cccc4ccccc34)c2)c(C)c1[N+](=O)[O-]. The van der Waals surface area contributed by atoms with Gasteiger partial charge in [0.15, 0.2) is 0 Å². The first-order valence-electron chi connectivity index (χ1n) is 9.85. The average Bonchev–Trinajstić information content (AvgIpc) is 3.30. The number of fused-ring (bicyclic) bond motifs is 1. The normalized spacial score (nSPS) is 12.1. The van der Waals surface area contributed by atoms with Crippen LogP contribution >= 0.6 is 0 Å². The minimum atomic E-state index is -0.714. The number of amides is 1. The summed E-state index contributed by atoms with van der Waals surface area (Å²) in [5.41, 5.74) is 2.24. The number of hydrogen-bond donors (Lipinski definition) is 1. The van der Waals surface area contributed by atoms with Crippen LogP contribution in [0.15, 0.2) is 54.9 Å². The van der Waals surface area contributed by atoms with Crippen molar-refractivity contribution in [3.63, 3.8) is 0 Å². The predicted octanol–water partition coefficient (Wildman–Crippen LogP) is 4.01. The summed E-state index contributed by atoms with van der Waals surface area (Å²) < 4.78 is 3.14. The maximum Gasteiger partial charge on any atom is 0.312 e. The number of carbonyl (C=O) groups is 1. The van der Waals surface area contributed by atoms with Gasteiger partial charge in [-0.1, -0.05) is 42.5 Å². The number of benzene rings is 2. The van der Waals surface area contributed by atoms with Gasteiger partial charge in [-0.25, -0.2) is 0 Å². The number of nitrogens with zero attached hydrogens (tertiary/aromatic N) is 5. The van der Waals surface area contributed by atoms with Crippen LogP contribution in [0.3, 0.4) is 0 Å². The Kier molecular flexibility index (Phi) is 5.24. The zero-order valence-electron chi connectivity index (χ0n) is 17.4. The van der Waals surface area contributed by atoms with Crippen LogP contribution in [0.5, 0.6) is 0 Å². The summed E-state index contributed by atoms with van der Waals surface area (Å²) >= 11 is 0. The lowest BCUT2D eigenvalue weighted by Crippen LogP contribution is -2.25. The number of aromatic nitrogens is 4. The smallest absolute Gasteiger partial charge is 0.312 e. The molecule has 0 saturated carbocycles. The van der Waals surface area contributed by atoms with Gasteiger partial charge in [0.2, 0.25) is 5.91 Å². The topological polar surface area (TPSA) is 108 Å². The van der Waals surface area contributed by atoms with Crippen molar-refractivity contribution in [1.29, 1.82) is 0 Å². The molecule has 9 heteroatoms. The van der Waals surface area contributed by atoms with Crippen LogP contribution in [-0.2, 0) is 11.3 Å². The largest absolute Gasteiger partial charge is 0.322 e. The number of rotatable bonds is 6. The van der Waals surface area contributed by atoms with E-state index in [1.807, 2.05) is 18.2 Å². The van der Waals surface area contributed by atoms with Crippen LogP contribution in [-0.4, -0.2) is 30.4 Å². The van der Waals surface area contributed by atoms with E-state index in [1.54, 1.807) is 37.8 Å². The van der Waals surface area contributed by atoms with Crippen LogP contribution in [0, 0.1) is 24.0 Å². The maximum atomic E-state index is 12.7. The monoisotopic (exact) mass is 418 g/mol. The Morgan fingerprint density at radius 1 is 1.19 bits per heavy atom. The molecule has 4 rings (SSSR count). The highest BCUT2D eigenvalue weighted by Crippen LogP contribution is 2.25. The lowest BCUT2D eigenvalue weighted by atomic mass is 10.0. The van der Waals surface area contributed by atoms with E-state index in [0.717, 1.165) is 16.3 Å². The Balaban J connectivity index is 1.49. The molecule has 1 unspecified atom stereocenters. The second-order valence-corrected chi connectivity index (χ2v) is 7.45. The van der Waals surface area contributed by atoms with E-state index in [0.29, 0.717) is 17.9 Å². The molecule has 0 aliphatic rings. The summed E-state index contributed by atoms with van der Waals surface area (Å²) in [4.78, 5) is 23.5. The zero-order chi connectivity index (χ0) is 22.1. The molecule has 0 spiro atoms. The Labute approximate surface area is 178 Å². The molecule has 2 aromatic carbocycles. The van der Waals surface area contributed by atoms with Crippen molar-refractivity contribution in [2.45, 2.75) is 33.4 Å². The van der Waals surface area contributed by atoms with Gasteiger partial charge in [0.05, 0.1) is 23.4 Å². The second-order valence-electron chi connectivity index (χ2n) is 7.45. The molecule has 158 valence electrons. The minimum absolute atomic E-state index is 0.0671. The van der Waals surface area contributed by atoms with Crippen LogP contribution in [0.2, 0.25) is 0 Å². The Hall–Kier alpha value is -4.01. The van der Waals surface area contributed by atoms with Crippen molar-refractivity contribution in [2.75, 3.05) is 5.32 Å². The highest BCUT2D eigenvalue weighted by molar-refractivity contribution is 5.93. The molecule has 9 nitrogen and oxygen atoms in total. The van der Waals surface area contributed by atoms with Crippen LogP contribution in [0.1, 0.15) is 29.9 Å². The van der Waals surface area contributed by atoms with Crippen molar-refractivity contribution < 1.29 is 9.72 Å². The molecule has 0 saturated heterocycles. The summed E-state index contributed by atoms with van der Waals surface area (Å²) in [5, 5.41) is 24.9. The molecule has 0 bridgehead atoms. The molecule has 0 aliphatic heterocycles. The second kappa shape index (κ2) is 8.02. The molecule has 31 heavy (non-hydrogen) atoms. The quantitative estimate of drug-likeness (QED) is 0.376. The highest BCUT2D eigenvalue weighted by Gasteiger charge is 2.27. The summed E-state index contributed by atoms with van der Waals surface area (Å²) in [6.07, 6.45) is 3.34. The molecule has 0 fully saturated rings. The van der Waals surface area contributed by atoms with Crippen molar-refractivity contribution in [2.24, 2.45) is 0 Å². The van der Waals surface area contributed by atoms with Gasteiger partial charge in [-0.2, -0.15) is 10.2 Å². The van der Waals surface area contributed by atoms with Gasteiger partial charge in [0.1, 0.15) is 17.4 Å². The summed E-state index contributed by atoms with van der Waals surface area (Å²) in [6, 6.07) is 13.6. The van der Waals surface area contributed by atoms with Gasteiger partial charge in [0.25, 0.3) is 0 Å². The summed E-state index contributed by atoms with van der Waals surface area (Å²) in [6.45, 7) is 5.36. The lowest BCUT2D eigenvalue weighted by Gasteiger charge is -2.13. The van der Waals surface area contributed by atoms with E-state index in [2.05, 4.69) is 39.8 Å². The van der Waals surface area contributed by atoms with E-state index in [1.165, 1.54) is 4.68 Å². The van der Waals surface area contributed by atoms with Crippen LogP contribution in [0.25, 0.3) is 10.8 Å². The Bertz CT molecular complexity index is 1280. The number of nitro groups is 1. The minimum Gasteiger partial charge on any atom is -0.322 e. The number of nitrogens with one attached hydrogen (secondary N) is 1. The fraction of sp³-hybridized carbons (Fsp3) is 0.227. The van der Waals surface area contributed by atoms with E-state index < -0.39 is 11.0 Å². The molecule has 0 radical (unpaired) electrons. The summed E-state index contributed by atoms with van der Waals surface area (Å²) in [7, 11) is 0. The lowest BCUT2D eigenvalue weighted by molar-refractivity contribution is -0.386. The van der Waals surface area contributed by atoms with Gasteiger partial charge in [-0.15, -0.1) is 0 Å². The van der Waals surface area contributed by atoms with Crippen molar-refractivity contribution in [1.82, 2.24) is 19.6 Å². The molecule has 0 aliphatic carbocycles. The first kappa shape index (κ1) is 20.3. The molecular formula is C22H22N6O3. The van der Waals surface area contributed by atoms with Crippen molar-refractivity contribution in [3.05, 3.63) is 81.9 Å². The number of hydrogen-bond acceptors (Lipinski definition) is 5. The first-order valence-corrected chi connectivity index (χ1v) is 9.85. The van der Waals surface area contributed by atoms with Gasteiger partial charge < -0.3 is 5.32 Å². The van der Waals surface area contributed by atoms with Crippen molar-refractivity contribution in [3.8, 4) is 0 Å². The van der Waals surface area contributed by atoms with Gasteiger partial charge in [-0.05, 0) is 37.1 Å². The Morgan fingerprint density at radius 2 is 1.94 bits per heavy atom. The van der Waals surface area contributed by atoms with E-state index in [-0.39, 0.29) is 17.3 Å². The Morgan fingerprint density at radius 3 is 2.68 bits per heavy atom. The maximum absolute atomic E-state index is 12.7. The highest BCUT2D eigenvalue weighted by atomic mass is 16.6. The fourth-order valence-corrected chi connectivity index (χ4v) is 3.77. The van der Waals surface area contributed by atoms with E-state index in [4.69, 9.17) is 0 Å². The zero-order valence-corrected chi connectivity index (χ0v) is 17.4. The summed E-state index contributed by atoms with van der Waals surface area (Å²) in [5.74, 6) is -0.329. The molecule has 1 amide bonds. The van der Waals surface area contributed by atoms with Crippen LogP contribution in [0.4, 0.5) is 11.4 Å². The molecule has 4 aromatic rings. The molecular weight excluding hydrogens is 396 g/mol. The third kappa shape index (κ3) is 3.89. The number of anilines is 1. The van der Waals surface area contributed by atoms with E-state index in [9.17, 15) is 14.9 Å². The third-order valence-electron chi connectivity index (χ3n) is 5.33. The van der Waals surface area contributed by atoms with Crippen molar-refractivity contribution >= 4 is 28.1 Å². The predicted molar refractivity (Wildman–Crippen MR) is 117 cm³/mol.